The number of benzene rings is 2. The van der Waals surface area contributed by atoms with Crippen molar-refractivity contribution in [3.63, 3.8) is 0 Å². The SMILES string of the molecule is COc1ccc(NC(=O)CCSc2ccccc2)cc1OC(F)F. The average Bonchev–Trinajstić information content (AvgIpc) is 2.55. The number of thioether (sulfide) groups is 1. The molecular weight excluding hydrogens is 336 g/mol. The fraction of sp³-hybridized carbons (Fsp3) is 0.235. The Bertz CT molecular complexity index is 668. The van der Waals surface area contributed by atoms with Crippen LogP contribution < -0.4 is 14.8 Å². The lowest BCUT2D eigenvalue weighted by Crippen LogP contribution is -2.12. The number of alkyl halides is 2. The van der Waals surface area contributed by atoms with Crippen LogP contribution in [0.2, 0.25) is 0 Å². The largest absolute Gasteiger partial charge is 0.493 e. The Hall–Kier alpha value is -2.28. The number of hydrogen-bond donors (Lipinski definition) is 1. The first-order valence-electron chi connectivity index (χ1n) is 7.19. The zero-order chi connectivity index (χ0) is 17.4. The van der Waals surface area contributed by atoms with Gasteiger partial charge in [0.15, 0.2) is 11.5 Å². The van der Waals surface area contributed by atoms with Crippen LogP contribution in [0.25, 0.3) is 0 Å². The van der Waals surface area contributed by atoms with Crippen molar-refractivity contribution in [1.29, 1.82) is 0 Å². The third-order valence-electron chi connectivity index (χ3n) is 3.00. The van der Waals surface area contributed by atoms with Crippen LogP contribution in [0.15, 0.2) is 53.4 Å². The molecule has 0 aliphatic carbocycles. The van der Waals surface area contributed by atoms with Crippen LogP contribution in [0.1, 0.15) is 6.42 Å². The number of rotatable bonds is 8. The maximum atomic E-state index is 12.4. The standard InChI is InChI=1S/C17H17F2NO3S/c1-22-14-8-7-12(11-15(14)23-17(18)19)20-16(21)9-10-24-13-5-3-2-4-6-13/h2-8,11,17H,9-10H2,1H3,(H,20,21). The van der Waals surface area contributed by atoms with E-state index >= 15 is 0 Å². The molecule has 0 aromatic heterocycles. The van der Waals surface area contributed by atoms with Gasteiger partial charge in [-0.25, -0.2) is 0 Å². The Balaban J connectivity index is 1.88. The van der Waals surface area contributed by atoms with Crippen LogP contribution >= 0.6 is 11.8 Å². The predicted octanol–water partition coefficient (Wildman–Crippen LogP) is 4.42. The second kappa shape index (κ2) is 9.12. The van der Waals surface area contributed by atoms with Gasteiger partial charge in [0.25, 0.3) is 0 Å². The molecule has 2 aromatic rings. The number of hydrogen-bond acceptors (Lipinski definition) is 4. The van der Waals surface area contributed by atoms with Gasteiger partial charge in [0, 0.05) is 28.8 Å². The lowest BCUT2D eigenvalue weighted by atomic mass is 10.2. The van der Waals surface area contributed by atoms with E-state index in [4.69, 9.17) is 4.74 Å². The van der Waals surface area contributed by atoms with Gasteiger partial charge in [0.2, 0.25) is 5.91 Å². The molecule has 1 N–H and O–H groups in total. The number of nitrogens with one attached hydrogen (secondary N) is 1. The lowest BCUT2D eigenvalue weighted by molar-refractivity contribution is -0.115. The zero-order valence-electron chi connectivity index (χ0n) is 13.0. The minimum atomic E-state index is -2.97. The molecule has 0 aliphatic heterocycles. The van der Waals surface area contributed by atoms with Crippen molar-refractivity contribution in [2.45, 2.75) is 17.9 Å². The average molecular weight is 353 g/mol. The smallest absolute Gasteiger partial charge is 0.387 e. The number of carbonyl (C=O) groups excluding carboxylic acids is 1. The van der Waals surface area contributed by atoms with Gasteiger partial charge in [-0.05, 0) is 24.3 Å². The van der Waals surface area contributed by atoms with Crippen LogP contribution in [0.3, 0.4) is 0 Å². The van der Waals surface area contributed by atoms with Crippen molar-refractivity contribution >= 4 is 23.4 Å². The first-order chi connectivity index (χ1) is 11.6. The van der Waals surface area contributed by atoms with Gasteiger partial charge < -0.3 is 14.8 Å². The summed E-state index contributed by atoms with van der Waals surface area (Å²) in [4.78, 5) is 13.0. The minimum absolute atomic E-state index is 0.121. The van der Waals surface area contributed by atoms with E-state index in [9.17, 15) is 13.6 Å². The predicted molar refractivity (Wildman–Crippen MR) is 90.0 cm³/mol. The Morgan fingerprint density at radius 2 is 1.92 bits per heavy atom. The molecule has 0 atom stereocenters. The van der Waals surface area contributed by atoms with Gasteiger partial charge in [-0.2, -0.15) is 8.78 Å². The van der Waals surface area contributed by atoms with Crippen molar-refractivity contribution in [3.8, 4) is 11.5 Å². The van der Waals surface area contributed by atoms with E-state index in [0.717, 1.165) is 4.90 Å². The molecule has 1 amide bonds. The van der Waals surface area contributed by atoms with E-state index in [1.54, 1.807) is 17.8 Å². The molecule has 0 spiro atoms. The summed E-state index contributed by atoms with van der Waals surface area (Å²) in [5.41, 5.74) is 0.376. The molecule has 2 aromatic carbocycles. The van der Waals surface area contributed by atoms with E-state index in [1.165, 1.54) is 19.2 Å². The van der Waals surface area contributed by atoms with Gasteiger partial charge in [0.1, 0.15) is 0 Å². The van der Waals surface area contributed by atoms with Gasteiger partial charge in [-0.15, -0.1) is 11.8 Å². The van der Waals surface area contributed by atoms with Gasteiger partial charge >= 0.3 is 6.61 Å². The molecule has 128 valence electrons. The Morgan fingerprint density at radius 3 is 2.58 bits per heavy atom. The van der Waals surface area contributed by atoms with Crippen LogP contribution in [-0.4, -0.2) is 25.4 Å². The number of ether oxygens (including phenoxy) is 2. The molecular formula is C17H17F2NO3S. The summed E-state index contributed by atoms with van der Waals surface area (Å²) in [5.74, 6) is 0.468. The molecule has 7 heteroatoms. The maximum absolute atomic E-state index is 12.4. The molecule has 0 fully saturated rings. The summed E-state index contributed by atoms with van der Waals surface area (Å²) < 4.78 is 34.1. The molecule has 24 heavy (non-hydrogen) atoms. The monoisotopic (exact) mass is 353 g/mol. The zero-order valence-corrected chi connectivity index (χ0v) is 13.8. The highest BCUT2D eigenvalue weighted by molar-refractivity contribution is 7.99. The molecule has 4 nitrogen and oxygen atoms in total. The van der Waals surface area contributed by atoms with Crippen molar-refractivity contribution in [3.05, 3.63) is 48.5 Å². The molecule has 0 heterocycles. The summed E-state index contributed by atoms with van der Waals surface area (Å²) in [6, 6.07) is 14.1. The Kier molecular flexibility index (Phi) is 6.87. The van der Waals surface area contributed by atoms with Crippen LogP contribution in [0.4, 0.5) is 14.5 Å². The summed E-state index contributed by atoms with van der Waals surface area (Å²) in [5, 5.41) is 2.66. The van der Waals surface area contributed by atoms with Crippen molar-refractivity contribution < 1.29 is 23.0 Å². The first kappa shape index (κ1) is 18.1. The topological polar surface area (TPSA) is 47.6 Å². The molecule has 0 saturated heterocycles. The van der Waals surface area contributed by atoms with E-state index in [1.807, 2.05) is 30.3 Å². The fourth-order valence-corrected chi connectivity index (χ4v) is 2.82. The lowest BCUT2D eigenvalue weighted by Gasteiger charge is -2.12. The van der Waals surface area contributed by atoms with Crippen LogP contribution in [-0.2, 0) is 4.79 Å². The van der Waals surface area contributed by atoms with Crippen molar-refractivity contribution in [2.24, 2.45) is 0 Å². The first-order valence-corrected chi connectivity index (χ1v) is 8.17. The van der Waals surface area contributed by atoms with E-state index in [-0.39, 0.29) is 17.4 Å². The van der Waals surface area contributed by atoms with E-state index in [2.05, 4.69) is 10.1 Å². The summed E-state index contributed by atoms with van der Waals surface area (Å²) in [7, 11) is 1.35. The number of halogens is 2. The molecule has 0 saturated carbocycles. The summed E-state index contributed by atoms with van der Waals surface area (Å²) in [6.45, 7) is -2.97. The minimum Gasteiger partial charge on any atom is -0.493 e. The molecule has 0 aliphatic rings. The van der Waals surface area contributed by atoms with E-state index < -0.39 is 6.61 Å². The van der Waals surface area contributed by atoms with E-state index in [0.29, 0.717) is 17.9 Å². The van der Waals surface area contributed by atoms with Crippen LogP contribution in [0, 0.1) is 0 Å². The Morgan fingerprint density at radius 1 is 1.17 bits per heavy atom. The molecule has 0 unspecified atom stereocenters. The fourth-order valence-electron chi connectivity index (χ4n) is 1.94. The van der Waals surface area contributed by atoms with Crippen LogP contribution in [0.5, 0.6) is 11.5 Å². The van der Waals surface area contributed by atoms with Gasteiger partial charge in [-0.3, -0.25) is 4.79 Å². The quantitative estimate of drug-likeness (QED) is 0.714. The summed E-state index contributed by atoms with van der Waals surface area (Å²) >= 11 is 1.57. The van der Waals surface area contributed by atoms with Gasteiger partial charge in [-0.1, -0.05) is 18.2 Å². The normalized spacial score (nSPS) is 10.5. The number of amides is 1. The molecule has 0 radical (unpaired) electrons. The Labute approximate surface area is 143 Å². The summed E-state index contributed by atoms with van der Waals surface area (Å²) in [6.07, 6.45) is 0.302. The maximum Gasteiger partial charge on any atom is 0.387 e. The second-order valence-corrected chi connectivity index (χ2v) is 5.87. The number of methoxy groups -OCH3 is 1. The number of anilines is 1. The second-order valence-electron chi connectivity index (χ2n) is 4.70. The van der Waals surface area contributed by atoms with Crippen molar-refractivity contribution in [2.75, 3.05) is 18.2 Å². The number of carbonyl (C=O) groups is 1. The highest BCUT2D eigenvalue weighted by Gasteiger charge is 2.12. The molecule has 2 rings (SSSR count). The van der Waals surface area contributed by atoms with Gasteiger partial charge in [0.05, 0.1) is 7.11 Å². The third kappa shape index (κ3) is 5.73. The third-order valence-corrected chi connectivity index (χ3v) is 4.02. The van der Waals surface area contributed by atoms with Crippen molar-refractivity contribution in [1.82, 2.24) is 0 Å². The molecule has 0 bridgehead atoms. The highest BCUT2D eigenvalue weighted by atomic mass is 32.2. The highest BCUT2D eigenvalue weighted by Crippen LogP contribution is 2.31.